The number of aromatic nitrogens is 3. The van der Waals surface area contributed by atoms with Crippen molar-refractivity contribution in [2.75, 3.05) is 0 Å². The van der Waals surface area contributed by atoms with Gasteiger partial charge in [0.05, 0.1) is 11.8 Å². The monoisotopic (exact) mass is 207 g/mol. The first-order valence-electron chi connectivity index (χ1n) is 4.51. The fourth-order valence-electron chi connectivity index (χ4n) is 1.40. The first-order chi connectivity index (χ1) is 7.18. The normalized spacial score (nSPS) is 12.7. The summed E-state index contributed by atoms with van der Waals surface area (Å²) in [7, 11) is 0. The molecule has 0 bridgehead atoms. The third kappa shape index (κ3) is 1.87. The molecule has 0 amide bonds. The number of aliphatic hydroxyl groups excluding tert-OH is 1. The van der Waals surface area contributed by atoms with Gasteiger partial charge in [-0.15, -0.1) is 0 Å². The van der Waals surface area contributed by atoms with Crippen LogP contribution in [0, 0.1) is 5.82 Å². The van der Waals surface area contributed by atoms with Crippen LogP contribution in [0.2, 0.25) is 0 Å². The molecule has 0 saturated heterocycles. The van der Waals surface area contributed by atoms with E-state index in [4.69, 9.17) is 0 Å². The van der Waals surface area contributed by atoms with Crippen molar-refractivity contribution < 1.29 is 9.50 Å². The van der Waals surface area contributed by atoms with E-state index in [1.54, 1.807) is 13.0 Å². The van der Waals surface area contributed by atoms with Gasteiger partial charge in [0, 0.05) is 5.56 Å². The maximum Gasteiger partial charge on any atom is 0.138 e. The summed E-state index contributed by atoms with van der Waals surface area (Å²) >= 11 is 0. The molecule has 5 heteroatoms. The highest BCUT2D eigenvalue weighted by Crippen LogP contribution is 2.21. The summed E-state index contributed by atoms with van der Waals surface area (Å²) in [6.45, 7) is 1.58. The Morgan fingerprint density at radius 1 is 1.47 bits per heavy atom. The minimum Gasteiger partial charge on any atom is -0.389 e. The standard InChI is InChI=1S/C10H10FN3O/c1-7(15)9-4-8(11)2-3-10(9)14-6-12-5-13-14/h2-7,15H,1H3/t7-/m0/s1. The van der Waals surface area contributed by atoms with Crippen LogP contribution in [0.4, 0.5) is 4.39 Å². The summed E-state index contributed by atoms with van der Waals surface area (Å²) in [5.41, 5.74) is 1.12. The second kappa shape index (κ2) is 3.78. The van der Waals surface area contributed by atoms with E-state index in [0.29, 0.717) is 11.3 Å². The smallest absolute Gasteiger partial charge is 0.138 e. The molecule has 1 atom stereocenters. The first kappa shape index (κ1) is 9.79. The van der Waals surface area contributed by atoms with Gasteiger partial charge in [0.25, 0.3) is 0 Å². The Balaban J connectivity index is 2.56. The van der Waals surface area contributed by atoms with Gasteiger partial charge < -0.3 is 5.11 Å². The minimum atomic E-state index is -0.750. The molecule has 1 N–H and O–H groups in total. The molecular weight excluding hydrogens is 197 g/mol. The van der Waals surface area contributed by atoms with Crippen LogP contribution >= 0.6 is 0 Å². The first-order valence-corrected chi connectivity index (χ1v) is 4.51. The zero-order chi connectivity index (χ0) is 10.8. The molecule has 2 aromatic rings. The molecule has 0 aliphatic heterocycles. The number of nitrogens with zero attached hydrogens (tertiary/aromatic N) is 3. The van der Waals surface area contributed by atoms with Crippen LogP contribution in [0.15, 0.2) is 30.9 Å². The van der Waals surface area contributed by atoms with Crippen LogP contribution in [-0.2, 0) is 0 Å². The Bertz CT molecular complexity index is 454. The highest BCUT2D eigenvalue weighted by Gasteiger charge is 2.11. The topological polar surface area (TPSA) is 50.9 Å². The van der Waals surface area contributed by atoms with E-state index in [1.807, 2.05) is 0 Å². The summed E-state index contributed by atoms with van der Waals surface area (Å²) < 4.78 is 14.5. The third-order valence-corrected chi connectivity index (χ3v) is 2.11. The van der Waals surface area contributed by atoms with Crippen molar-refractivity contribution in [3.05, 3.63) is 42.2 Å². The van der Waals surface area contributed by atoms with Crippen molar-refractivity contribution in [3.8, 4) is 5.69 Å². The Labute approximate surface area is 86.0 Å². The van der Waals surface area contributed by atoms with Gasteiger partial charge in [-0.3, -0.25) is 0 Å². The van der Waals surface area contributed by atoms with Crippen molar-refractivity contribution >= 4 is 0 Å². The molecule has 1 aromatic heterocycles. The summed E-state index contributed by atoms with van der Waals surface area (Å²) in [5.74, 6) is -0.380. The second-order valence-electron chi connectivity index (χ2n) is 3.22. The molecule has 2 rings (SSSR count). The van der Waals surface area contributed by atoms with Crippen LogP contribution in [0.5, 0.6) is 0 Å². The molecule has 0 unspecified atom stereocenters. The summed E-state index contributed by atoms with van der Waals surface area (Å²) in [6.07, 6.45) is 2.13. The molecule has 15 heavy (non-hydrogen) atoms. The van der Waals surface area contributed by atoms with Gasteiger partial charge in [0.1, 0.15) is 18.5 Å². The van der Waals surface area contributed by atoms with Crippen molar-refractivity contribution in [2.45, 2.75) is 13.0 Å². The van der Waals surface area contributed by atoms with E-state index in [-0.39, 0.29) is 5.82 Å². The molecule has 0 spiro atoms. The lowest BCUT2D eigenvalue weighted by molar-refractivity contribution is 0.198. The third-order valence-electron chi connectivity index (χ3n) is 2.11. The van der Waals surface area contributed by atoms with Crippen molar-refractivity contribution in [2.24, 2.45) is 0 Å². The highest BCUT2D eigenvalue weighted by molar-refractivity contribution is 5.41. The largest absolute Gasteiger partial charge is 0.389 e. The van der Waals surface area contributed by atoms with Crippen LogP contribution in [0.1, 0.15) is 18.6 Å². The molecule has 0 fully saturated rings. The van der Waals surface area contributed by atoms with Gasteiger partial charge in [-0.05, 0) is 25.1 Å². The SMILES string of the molecule is C[C@H](O)c1cc(F)ccc1-n1cncn1. The molecule has 1 heterocycles. The predicted octanol–water partition coefficient (Wildman–Crippen LogP) is 1.46. The molecule has 0 radical (unpaired) electrons. The van der Waals surface area contributed by atoms with E-state index < -0.39 is 6.10 Å². The number of hydrogen-bond donors (Lipinski definition) is 1. The minimum absolute atomic E-state index is 0.380. The van der Waals surface area contributed by atoms with Gasteiger partial charge in [-0.1, -0.05) is 0 Å². The number of rotatable bonds is 2. The van der Waals surface area contributed by atoms with E-state index in [2.05, 4.69) is 10.1 Å². The molecule has 4 nitrogen and oxygen atoms in total. The fraction of sp³-hybridized carbons (Fsp3) is 0.200. The zero-order valence-electron chi connectivity index (χ0n) is 8.13. The summed E-state index contributed by atoms with van der Waals surface area (Å²) in [6, 6.07) is 4.18. The molecule has 0 saturated carbocycles. The molecular formula is C10H10FN3O. The maximum absolute atomic E-state index is 13.0. The summed E-state index contributed by atoms with van der Waals surface area (Å²) in [4.78, 5) is 3.80. The van der Waals surface area contributed by atoms with Gasteiger partial charge in [0.2, 0.25) is 0 Å². The second-order valence-corrected chi connectivity index (χ2v) is 3.22. The Hall–Kier alpha value is -1.75. The average molecular weight is 207 g/mol. The van der Waals surface area contributed by atoms with Crippen molar-refractivity contribution in [1.29, 1.82) is 0 Å². The van der Waals surface area contributed by atoms with Crippen LogP contribution < -0.4 is 0 Å². The highest BCUT2D eigenvalue weighted by atomic mass is 19.1. The maximum atomic E-state index is 13.0. The van der Waals surface area contributed by atoms with Crippen LogP contribution in [0.25, 0.3) is 5.69 Å². The number of hydrogen-bond acceptors (Lipinski definition) is 3. The number of halogens is 1. The predicted molar refractivity (Wildman–Crippen MR) is 52.0 cm³/mol. The summed E-state index contributed by atoms with van der Waals surface area (Å²) in [5, 5.41) is 13.4. The fourth-order valence-corrected chi connectivity index (χ4v) is 1.40. The van der Waals surface area contributed by atoms with Gasteiger partial charge in [-0.25, -0.2) is 14.1 Å². The lowest BCUT2D eigenvalue weighted by atomic mass is 10.1. The van der Waals surface area contributed by atoms with Crippen molar-refractivity contribution in [1.82, 2.24) is 14.8 Å². The Morgan fingerprint density at radius 2 is 2.27 bits per heavy atom. The quantitative estimate of drug-likeness (QED) is 0.811. The van der Waals surface area contributed by atoms with Gasteiger partial charge in [-0.2, -0.15) is 5.10 Å². The Kier molecular flexibility index (Phi) is 2.47. The molecule has 0 aliphatic carbocycles. The van der Waals surface area contributed by atoms with E-state index in [0.717, 1.165) is 0 Å². The van der Waals surface area contributed by atoms with E-state index in [9.17, 15) is 9.50 Å². The van der Waals surface area contributed by atoms with Gasteiger partial charge >= 0.3 is 0 Å². The van der Waals surface area contributed by atoms with Gasteiger partial charge in [0.15, 0.2) is 0 Å². The Morgan fingerprint density at radius 3 is 2.87 bits per heavy atom. The average Bonchev–Trinajstić information content (AvgIpc) is 2.70. The molecule has 0 aliphatic rings. The zero-order valence-corrected chi connectivity index (χ0v) is 8.13. The molecule has 78 valence electrons. The van der Waals surface area contributed by atoms with Crippen LogP contribution in [-0.4, -0.2) is 19.9 Å². The van der Waals surface area contributed by atoms with Crippen LogP contribution in [0.3, 0.4) is 0 Å². The van der Waals surface area contributed by atoms with Crippen molar-refractivity contribution in [3.63, 3.8) is 0 Å². The lowest BCUT2D eigenvalue weighted by Gasteiger charge is -2.11. The number of aliphatic hydroxyl groups is 1. The van der Waals surface area contributed by atoms with E-state index in [1.165, 1.54) is 29.5 Å². The lowest BCUT2D eigenvalue weighted by Crippen LogP contribution is -2.03. The molecule has 1 aromatic carbocycles. The van der Waals surface area contributed by atoms with E-state index >= 15 is 0 Å². The number of benzene rings is 1.